The maximum Gasteiger partial charge on any atom is 0.276 e. The van der Waals surface area contributed by atoms with E-state index in [1.54, 1.807) is 0 Å². The largest absolute Gasteiger partial charge is 0.391 e. The van der Waals surface area contributed by atoms with Crippen LogP contribution in [0.3, 0.4) is 0 Å². The minimum Gasteiger partial charge on any atom is -0.391 e. The third kappa shape index (κ3) is 2.81. The second-order valence-corrected chi connectivity index (χ2v) is 5.16. The predicted molar refractivity (Wildman–Crippen MR) is 72.8 cm³/mol. The molecular weight excluding hydrogens is 230 g/mol. The van der Waals surface area contributed by atoms with Crippen LogP contribution in [0.15, 0.2) is 11.1 Å². The van der Waals surface area contributed by atoms with Gasteiger partial charge in [-0.15, -0.1) is 0 Å². The zero-order valence-electron chi connectivity index (χ0n) is 11.0. The van der Waals surface area contributed by atoms with E-state index in [0.717, 1.165) is 38.4 Å². The summed E-state index contributed by atoms with van der Waals surface area (Å²) in [6, 6.07) is 0. The number of nitrogens with one attached hydrogen (secondary N) is 1. The van der Waals surface area contributed by atoms with Crippen LogP contribution in [0.25, 0.3) is 0 Å². The molecule has 0 aliphatic carbocycles. The van der Waals surface area contributed by atoms with Crippen molar-refractivity contribution in [1.82, 2.24) is 14.9 Å². The number of hydrogen-bond acceptors (Lipinski definition) is 5. The summed E-state index contributed by atoms with van der Waals surface area (Å²) in [4.78, 5) is 22.4. The van der Waals surface area contributed by atoms with Gasteiger partial charge in [-0.05, 0) is 32.9 Å². The minimum absolute atomic E-state index is 0.226. The zero-order chi connectivity index (χ0) is 13.1. The fourth-order valence-corrected chi connectivity index (χ4v) is 2.50. The maximum absolute atomic E-state index is 11.4. The average molecular weight is 251 g/mol. The lowest BCUT2D eigenvalue weighted by Crippen LogP contribution is -2.38. The molecule has 3 N–H and O–H groups in total. The number of H-pyrrole nitrogens is 1. The number of piperidine rings is 1. The molecule has 2 rings (SSSR count). The standard InChI is InChI=1S/C12H21N5O/c1-16(2)7-9-3-5-17(6-4-9)11-10(13)12(18)15-8-14-11/h8-9H,3-7,13H2,1-2H3,(H,14,15,18). The van der Waals surface area contributed by atoms with Crippen molar-refractivity contribution >= 4 is 11.5 Å². The SMILES string of the molecule is CN(C)CC1CCN(c2nc[nH]c(=O)c2N)CC1. The van der Waals surface area contributed by atoms with E-state index in [4.69, 9.17) is 5.73 Å². The number of hydrogen-bond donors (Lipinski definition) is 2. The molecule has 0 radical (unpaired) electrons. The van der Waals surface area contributed by atoms with Crippen molar-refractivity contribution in [3.63, 3.8) is 0 Å². The van der Waals surface area contributed by atoms with E-state index in [1.165, 1.54) is 6.33 Å². The van der Waals surface area contributed by atoms with Crippen LogP contribution in [0.4, 0.5) is 11.5 Å². The summed E-state index contributed by atoms with van der Waals surface area (Å²) < 4.78 is 0. The normalized spacial score (nSPS) is 17.4. The average Bonchev–Trinajstić information content (AvgIpc) is 2.33. The van der Waals surface area contributed by atoms with E-state index in [1.807, 2.05) is 0 Å². The summed E-state index contributed by atoms with van der Waals surface area (Å²) >= 11 is 0. The second kappa shape index (κ2) is 5.39. The van der Waals surface area contributed by atoms with Gasteiger partial charge < -0.3 is 20.5 Å². The van der Waals surface area contributed by atoms with Crippen molar-refractivity contribution in [2.75, 3.05) is 44.4 Å². The molecule has 1 aromatic rings. The molecule has 18 heavy (non-hydrogen) atoms. The zero-order valence-corrected chi connectivity index (χ0v) is 11.0. The summed E-state index contributed by atoms with van der Waals surface area (Å²) in [7, 11) is 4.20. The Balaban J connectivity index is 2.01. The van der Waals surface area contributed by atoms with Gasteiger partial charge in [-0.25, -0.2) is 4.98 Å². The highest BCUT2D eigenvalue weighted by Crippen LogP contribution is 2.23. The van der Waals surface area contributed by atoms with Gasteiger partial charge in [-0.3, -0.25) is 4.79 Å². The van der Waals surface area contributed by atoms with Gasteiger partial charge in [0, 0.05) is 19.6 Å². The lowest BCUT2D eigenvalue weighted by atomic mass is 9.96. The van der Waals surface area contributed by atoms with E-state index < -0.39 is 0 Å². The number of nitrogens with two attached hydrogens (primary N) is 1. The Morgan fingerprint density at radius 3 is 2.78 bits per heavy atom. The van der Waals surface area contributed by atoms with E-state index in [0.29, 0.717) is 5.82 Å². The molecule has 0 aromatic carbocycles. The van der Waals surface area contributed by atoms with Gasteiger partial charge in [0.05, 0.1) is 6.33 Å². The van der Waals surface area contributed by atoms with Crippen LogP contribution in [0.5, 0.6) is 0 Å². The van der Waals surface area contributed by atoms with E-state index in [-0.39, 0.29) is 11.2 Å². The molecule has 0 amide bonds. The van der Waals surface area contributed by atoms with E-state index in [9.17, 15) is 4.79 Å². The Morgan fingerprint density at radius 1 is 1.50 bits per heavy atom. The third-order valence-electron chi connectivity index (χ3n) is 3.41. The minimum atomic E-state index is -0.254. The number of anilines is 2. The number of nitrogen functional groups attached to an aromatic ring is 1. The van der Waals surface area contributed by atoms with Gasteiger partial charge in [-0.1, -0.05) is 0 Å². The van der Waals surface area contributed by atoms with Gasteiger partial charge in [0.2, 0.25) is 0 Å². The van der Waals surface area contributed by atoms with Crippen molar-refractivity contribution < 1.29 is 0 Å². The third-order valence-corrected chi connectivity index (χ3v) is 3.41. The van der Waals surface area contributed by atoms with Gasteiger partial charge in [0.25, 0.3) is 5.56 Å². The van der Waals surface area contributed by atoms with Crippen LogP contribution in [-0.4, -0.2) is 48.6 Å². The fourth-order valence-electron chi connectivity index (χ4n) is 2.50. The van der Waals surface area contributed by atoms with Crippen molar-refractivity contribution in [2.45, 2.75) is 12.8 Å². The highest BCUT2D eigenvalue weighted by Gasteiger charge is 2.22. The summed E-state index contributed by atoms with van der Waals surface area (Å²) in [5.41, 5.74) is 5.74. The molecule has 1 aromatic heterocycles. The van der Waals surface area contributed by atoms with Crippen LogP contribution in [0.1, 0.15) is 12.8 Å². The summed E-state index contributed by atoms with van der Waals surface area (Å²) in [6.45, 7) is 2.95. The maximum atomic E-state index is 11.4. The molecule has 6 nitrogen and oxygen atoms in total. The van der Waals surface area contributed by atoms with Crippen molar-refractivity contribution in [3.8, 4) is 0 Å². The van der Waals surface area contributed by atoms with E-state index >= 15 is 0 Å². The Kier molecular flexibility index (Phi) is 3.86. The van der Waals surface area contributed by atoms with Gasteiger partial charge in [0.1, 0.15) is 5.69 Å². The number of nitrogens with zero attached hydrogens (tertiary/aromatic N) is 3. The molecule has 0 atom stereocenters. The fraction of sp³-hybridized carbons (Fsp3) is 0.667. The number of aromatic nitrogens is 2. The van der Waals surface area contributed by atoms with Crippen molar-refractivity contribution in [3.05, 3.63) is 16.7 Å². The Bertz CT molecular complexity index is 448. The molecule has 0 saturated carbocycles. The van der Waals surface area contributed by atoms with Gasteiger partial charge in [-0.2, -0.15) is 0 Å². The Morgan fingerprint density at radius 2 is 2.17 bits per heavy atom. The highest BCUT2D eigenvalue weighted by molar-refractivity contribution is 5.60. The predicted octanol–water partition coefficient (Wildman–Crippen LogP) is 0.130. The Hall–Kier alpha value is -1.56. The topological polar surface area (TPSA) is 78.2 Å². The lowest BCUT2D eigenvalue weighted by Gasteiger charge is -2.34. The van der Waals surface area contributed by atoms with Crippen LogP contribution >= 0.6 is 0 Å². The first kappa shape index (κ1) is 12.9. The molecule has 0 bridgehead atoms. The molecule has 1 fully saturated rings. The summed E-state index contributed by atoms with van der Waals surface area (Å²) in [5.74, 6) is 1.35. The van der Waals surface area contributed by atoms with Gasteiger partial charge >= 0.3 is 0 Å². The van der Waals surface area contributed by atoms with Crippen LogP contribution in [0, 0.1) is 5.92 Å². The Labute approximate surface area is 107 Å². The van der Waals surface area contributed by atoms with Crippen molar-refractivity contribution in [2.24, 2.45) is 5.92 Å². The monoisotopic (exact) mass is 251 g/mol. The number of rotatable bonds is 3. The molecule has 0 spiro atoms. The second-order valence-electron chi connectivity index (χ2n) is 5.16. The molecular formula is C12H21N5O. The smallest absolute Gasteiger partial charge is 0.276 e. The van der Waals surface area contributed by atoms with Gasteiger partial charge in [0.15, 0.2) is 5.82 Å². The summed E-state index contributed by atoms with van der Waals surface area (Å²) in [6.07, 6.45) is 3.65. The van der Waals surface area contributed by atoms with Crippen LogP contribution in [-0.2, 0) is 0 Å². The first-order valence-corrected chi connectivity index (χ1v) is 6.30. The molecule has 0 unspecified atom stereocenters. The molecule has 1 saturated heterocycles. The molecule has 1 aliphatic rings. The van der Waals surface area contributed by atoms with E-state index in [2.05, 4.69) is 33.9 Å². The van der Waals surface area contributed by atoms with Crippen LogP contribution < -0.4 is 16.2 Å². The molecule has 100 valence electrons. The highest BCUT2D eigenvalue weighted by atomic mass is 16.1. The first-order chi connectivity index (χ1) is 8.58. The quantitative estimate of drug-likeness (QED) is 0.798. The molecule has 6 heteroatoms. The van der Waals surface area contributed by atoms with Crippen LogP contribution in [0.2, 0.25) is 0 Å². The molecule has 1 aliphatic heterocycles. The first-order valence-electron chi connectivity index (χ1n) is 6.30. The lowest BCUT2D eigenvalue weighted by molar-refractivity contribution is 0.284. The molecule has 2 heterocycles. The van der Waals surface area contributed by atoms with Crippen molar-refractivity contribution in [1.29, 1.82) is 0 Å². The number of aromatic amines is 1. The summed E-state index contributed by atoms with van der Waals surface area (Å²) in [5, 5.41) is 0.